The van der Waals surface area contributed by atoms with Gasteiger partial charge in [-0.15, -0.1) is 0 Å². The van der Waals surface area contributed by atoms with Crippen molar-refractivity contribution in [3.05, 3.63) is 91.0 Å². The zero-order valence-corrected chi connectivity index (χ0v) is 17.2. The number of hydrogen-bond acceptors (Lipinski definition) is 1. The van der Waals surface area contributed by atoms with Gasteiger partial charge in [0.15, 0.2) is 0 Å². The van der Waals surface area contributed by atoms with Crippen molar-refractivity contribution in [3.63, 3.8) is 0 Å². The Hall–Kier alpha value is -1.66. The molecule has 0 saturated carbocycles. The molecule has 3 rings (SSSR count). The van der Waals surface area contributed by atoms with Crippen LogP contribution in [0.5, 0.6) is 0 Å². The number of rotatable bonds is 7. The molecule has 0 atom stereocenters. The topological polar surface area (TPSA) is 3.24 Å². The van der Waals surface area contributed by atoms with Crippen molar-refractivity contribution in [3.8, 4) is 0 Å². The second-order valence-electron chi connectivity index (χ2n) is 7.07. The fourth-order valence-corrected chi connectivity index (χ4v) is 9.89. The van der Waals surface area contributed by atoms with E-state index in [0.29, 0.717) is 0 Å². The molecule has 0 saturated heterocycles. The first-order valence-corrected chi connectivity index (χ1v) is 12.4. The Balaban J connectivity index is 2.28. The van der Waals surface area contributed by atoms with E-state index in [9.17, 15) is 0 Å². The molecule has 0 amide bonds. The molecule has 0 aliphatic carbocycles. The van der Waals surface area contributed by atoms with Crippen LogP contribution in [0.2, 0.25) is 0 Å². The number of hydrogen-bond donors (Lipinski definition) is 0. The molecule has 1 nitrogen and oxygen atoms in total. The summed E-state index contributed by atoms with van der Waals surface area (Å²) in [5.41, 5.74) is 0. The third-order valence-electron chi connectivity index (χ3n) is 5.07. The number of halogens is 1. The molecule has 0 N–H and O–H groups in total. The molecular weight excluding hydrogens is 357 g/mol. The molecule has 0 spiro atoms. The Kier molecular flexibility index (Phi) is 5.82. The normalized spacial score (nSPS) is 13.3. The van der Waals surface area contributed by atoms with Crippen LogP contribution in [0.15, 0.2) is 91.0 Å². The van der Waals surface area contributed by atoms with Gasteiger partial charge in [0.1, 0.15) is 0 Å². The van der Waals surface area contributed by atoms with Crippen molar-refractivity contribution in [2.24, 2.45) is 0 Å². The molecule has 0 bridgehead atoms. The average Bonchev–Trinajstić information content (AvgIpc) is 2.70. The molecule has 0 heterocycles. The molecule has 0 aliphatic heterocycles. The Bertz CT molecular complexity index is 719. The van der Waals surface area contributed by atoms with E-state index in [2.05, 4.69) is 110 Å². The fraction of sp³-hybridized carbons (Fsp3) is 0.217. The predicted octanol–water partition coefficient (Wildman–Crippen LogP) is 4.62. The Morgan fingerprint density at radius 2 is 1.00 bits per heavy atom. The van der Waals surface area contributed by atoms with E-state index in [-0.39, 0.29) is 0 Å². The first kappa shape index (κ1) is 19.1. The molecule has 0 aliphatic rings. The molecule has 26 heavy (non-hydrogen) atoms. The van der Waals surface area contributed by atoms with E-state index in [4.69, 9.17) is 11.2 Å². The summed E-state index contributed by atoms with van der Waals surface area (Å²) < 4.78 is 0. The minimum atomic E-state index is -3.06. The minimum absolute atomic E-state index is 0.948. The van der Waals surface area contributed by atoms with Crippen LogP contribution in [0.4, 0.5) is 0 Å². The van der Waals surface area contributed by atoms with Gasteiger partial charge in [-0.2, -0.15) is 0 Å². The maximum atomic E-state index is 7.97. The summed E-state index contributed by atoms with van der Waals surface area (Å²) in [6.07, 6.45) is 2.00. The van der Waals surface area contributed by atoms with Gasteiger partial charge in [0, 0.05) is 0 Å². The van der Waals surface area contributed by atoms with E-state index in [0.717, 1.165) is 19.1 Å². The summed E-state index contributed by atoms with van der Waals surface area (Å²) in [7, 11) is 4.24. The van der Waals surface area contributed by atoms with Gasteiger partial charge in [0.05, 0.1) is 0 Å². The molecular formula is C23H27ClNP. The third kappa shape index (κ3) is 3.45. The van der Waals surface area contributed by atoms with Crippen molar-refractivity contribution in [2.75, 3.05) is 26.8 Å². The van der Waals surface area contributed by atoms with Gasteiger partial charge in [0.2, 0.25) is 0 Å². The SMILES string of the molecule is CN(C)CCCP(Cl)(c1ccccc1)(c1ccccc1)c1ccccc1. The van der Waals surface area contributed by atoms with Crippen LogP contribution in [0.25, 0.3) is 0 Å². The third-order valence-corrected chi connectivity index (χ3v) is 12.6. The van der Waals surface area contributed by atoms with Crippen LogP contribution in [0.3, 0.4) is 0 Å². The van der Waals surface area contributed by atoms with Crippen LogP contribution in [0.1, 0.15) is 6.42 Å². The number of nitrogens with zero attached hydrogens (tertiary/aromatic N) is 1. The van der Waals surface area contributed by atoms with Gasteiger partial charge in [-0.25, -0.2) is 0 Å². The molecule has 3 aromatic carbocycles. The van der Waals surface area contributed by atoms with Crippen molar-refractivity contribution in [1.29, 1.82) is 0 Å². The van der Waals surface area contributed by atoms with Crippen LogP contribution in [-0.4, -0.2) is 31.7 Å². The Labute approximate surface area is 162 Å². The standard InChI is InChI=1S/C23H27ClNP/c1-25(2)19-12-20-26(24,21-13-6-3-7-14-21,22-15-8-4-9-16-22)23-17-10-5-11-18-23/h3-11,13-18H,12,19-20H2,1-2H3. The summed E-state index contributed by atoms with van der Waals surface area (Å²) in [6.45, 7) is 1.02. The molecule has 0 aromatic heterocycles. The van der Waals surface area contributed by atoms with Crippen molar-refractivity contribution < 1.29 is 0 Å². The molecule has 3 heteroatoms. The monoisotopic (exact) mass is 383 g/mol. The van der Waals surface area contributed by atoms with Crippen molar-refractivity contribution >= 4 is 33.1 Å². The van der Waals surface area contributed by atoms with E-state index >= 15 is 0 Å². The van der Waals surface area contributed by atoms with E-state index in [1.807, 2.05) is 0 Å². The molecule has 0 fully saturated rings. The van der Waals surface area contributed by atoms with Gasteiger partial charge < -0.3 is 0 Å². The quantitative estimate of drug-likeness (QED) is 0.538. The van der Waals surface area contributed by atoms with E-state index in [1.165, 1.54) is 15.9 Å². The van der Waals surface area contributed by atoms with Crippen LogP contribution >= 0.6 is 17.2 Å². The zero-order valence-electron chi connectivity index (χ0n) is 15.6. The summed E-state index contributed by atoms with van der Waals surface area (Å²) in [5.74, 6) is -3.06. The molecule has 3 aromatic rings. The van der Waals surface area contributed by atoms with Gasteiger partial charge in [0.25, 0.3) is 0 Å². The zero-order chi connectivity index (χ0) is 18.5. The first-order chi connectivity index (χ1) is 12.6. The second-order valence-corrected chi connectivity index (χ2v) is 13.7. The summed E-state index contributed by atoms with van der Waals surface area (Å²) in [4.78, 5) is 2.24. The average molecular weight is 384 g/mol. The van der Waals surface area contributed by atoms with Gasteiger partial charge in [-0.1, -0.05) is 0 Å². The van der Waals surface area contributed by atoms with Gasteiger partial charge >= 0.3 is 162 Å². The number of benzene rings is 3. The van der Waals surface area contributed by atoms with Crippen LogP contribution < -0.4 is 15.9 Å². The summed E-state index contributed by atoms with van der Waals surface area (Å²) in [5, 5.41) is 3.74. The fourth-order valence-electron chi connectivity index (χ4n) is 3.73. The first-order valence-electron chi connectivity index (χ1n) is 9.10. The second kappa shape index (κ2) is 7.92. The molecule has 0 radical (unpaired) electrons. The Morgan fingerprint density at radius 1 is 0.654 bits per heavy atom. The Morgan fingerprint density at radius 3 is 1.31 bits per heavy atom. The van der Waals surface area contributed by atoms with Crippen LogP contribution in [-0.2, 0) is 0 Å². The van der Waals surface area contributed by atoms with Crippen molar-refractivity contribution in [2.45, 2.75) is 6.42 Å². The van der Waals surface area contributed by atoms with Gasteiger partial charge in [-0.3, -0.25) is 0 Å². The maximum absolute atomic E-state index is 7.97. The van der Waals surface area contributed by atoms with Gasteiger partial charge in [-0.05, 0) is 0 Å². The van der Waals surface area contributed by atoms with E-state index in [1.54, 1.807) is 0 Å². The molecule has 136 valence electrons. The predicted molar refractivity (Wildman–Crippen MR) is 119 cm³/mol. The van der Waals surface area contributed by atoms with Crippen molar-refractivity contribution in [1.82, 2.24) is 4.90 Å². The summed E-state index contributed by atoms with van der Waals surface area (Å²) in [6, 6.07) is 32.1. The summed E-state index contributed by atoms with van der Waals surface area (Å²) >= 11 is 7.97. The van der Waals surface area contributed by atoms with E-state index < -0.39 is 5.96 Å². The van der Waals surface area contributed by atoms with Crippen LogP contribution in [0, 0.1) is 0 Å². The molecule has 0 unspecified atom stereocenters.